The maximum absolute atomic E-state index is 3.66. The van der Waals surface area contributed by atoms with Crippen LogP contribution in [0.4, 0.5) is 0 Å². The Hall–Kier alpha value is -0.340. The lowest BCUT2D eigenvalue weighted by molar-refractivity contribution is 0.861. The summed E-state index contributed by atoms with van der Waals surface area (Å²) in [5.74, 6) is 0.844. The molecule has 1 aromatic carbocycles. The van der Waals surface area contributed by atoms with Gasteiger partial charge in [-0.05, 0) is 11.1 Å². The van der Waals surface area contributed by atoms with Gasteiger partial charge in [-0.15, -0.1) is 0 Å². The molecule has 0 saturated carbocycles. The SMILES string of the molecule is BrC1=C(Br)C2C=CC1c1ccccc12. The number of allylic oxidation sites excluding steroid dienone is 4. The number of hydrogen-bond acceptors (Lipinski definition) is 0. The van der Waals surface area contributed by atoms with E-state index in [9.17, 15) is 0 Å². The Balaban J connectivity index is 2.28. The van der Waals surface area contributed by atoms with Crippen LogP contribution < -0.4 is 0 Å². The third-order valence-corrected chi connectivity index (χ3v) is 5.31. The van der Waals surface area contributed by atoms with Crippen LogP contribution >= 0.6 is 31.9 Å². The summed E-state index contributed by atoms with van der Waals surface area (Å²) in [6, 6.07) is 8.66. The molecule has 2 bridgehead atoms. The molecule has 0 N–H and O–H groups in total. The van der Waals surface area contributed by atoms with Gasteiger partial charge in [-0.25, -0.2) is 0 Å². The van der Waals surface area contributed by atoms with E-state index >= 15 is 0 Å². The van der Waals surface area contributed by atoms with Gasteiger partial charge in [0.1, 0.15) is 0 Å². The van der Waals surface area contributed by atoms with Gasteiger partial charge in [-0.2, -0.15) is 0 Å². The second-order valence-corrected chi connectivity index (χ2v) is 5.37. The van der Waals surface area contributed by atoms with Crippen LogP contribution in [0.2, 0.25) is 0 Å². The van der Waals surface area contributed by atoms with Crippen LogP contribution in [0, 0.1) is 0 Å². The van der Waals surface area contributed by atoms with E-state index in [0.717, 1.165) is 0 Å². The predicted octanol–water partition coefficient (Wildman–Crippen LogP) is 4.44. The van der Waals surface area contributed by atoms with E-state index in [1.165, 1.54) is 20.1 Å². The molecule has 2 unspecified atom stereocenters. The number of rotatable bonds is 0. The normalized spacial score (nSPS) is 28.1. The highest BCUT2D eigenvalue weighted by molar-refractivity contribution is 9.14. The van der Waals surface area contributed by atoms with Crippen molar-refractivity contribution < 1.29 is 0 Å². The Kier molecular flexibility index (Phi) is 1.96. The van der Waals surface area contributed by atoms with E-state index in [-0.39, 0.29) is 0 Å². The zero-order chi connectivity index (χ0) is 9.71. The van der Waals surface area contributed by atoms with Gasteiger partial charge in [0, 0.05) is 20.8 Å². The van der Waals surface area contributed by atoms with Gasteiger partial charge in [0.25, 0.3) is 0 Å². The fraction of sp³-hybridized carbons (Fsp3) is 0.167. The average Bonchev–Trinajstić information content (AvgIpc) is 2.24. The van der Waals surface area contributed by atoms with Crippen molar-refractivity contribution in [1.82, 2.24) is 0 Å². The van der Waals surface area contributed by atoms with Crippen molar-refractivity contribution in [3.63, 3.8) is 0 Å². The summed E-state index contributed by atoms with van der Waals surface area (Å²) in [6.07, 6.45) is 4.56. The molecule has 0 radical (unpaired) electrons. The first-order valence-electron chi connectivity index (χ1n) is 4.61. The van der Waals surface area contributed by atoms with Gasteiger partial charge < -0.3 is 0 Å². The summed E-state index contributed by atoms with van der Waals surface area (Å²) in [4.78, 5) is 0. The topological polar surface area (TPSA) is 0 Å². The molecular formula is C12H8Br2. The van der Waals surface area contributed by atoms with Crippen LogP contribution in [0.3, 0.4) is 0 Å². The van der Waals surface area contributed by atoms with Crippen LogP contribution in [0.1, 0.15) is 23.0 Å². The molecule has 3 aliphatic carbocycles. The van der Waals surface area contributed by atoms with Gasteiger partial charge in [-0.3, -0.25) is 0 Å². The molecule has 0 amide bonds. The van der Waals surface area contributed by atoms with E-state index in [4.69, 9.17) is 0 Å². The molecule has 1 aromatic rings. The molecule has 0 nitrogen and oxygen atoms in total. The van der Waals surface area contributed by atoms with Crippen molar-refractivity contribution in [2.75, 3.05) is 0 Å². The highest BCUT2D eigenvalue weighted by atomic mass is 79.9. The van der Waals surface area contributed by atoms with Crippen molar-refractivity contribution in [3.05, 3.63) is 56.5 Å². The Morgan fingerprint density at radius 1 is 0.786 bits per heavy atom. The Morgan fingerprint density at radius 3 is 1.64 bits per heavy atom. The standard InChI is InChI=1S/C12H8Br2/c13-11-9-5-6-10(12(11)14)8-4-2-1-3-7(8)9/h1-6,9-10H. The predicted molar refractivity (Wildman–Crippen MR) is 65.9 cm³/mol. The molecule has 2 heteroatoms. The van der Waals surface area contributed by atoms with E-state index in [1.807, 2.05) is 0 Å². The van der Waals surface area contributed by atoms with Crippen molar-refractivity contribution in [2.24, 2.45) is 0 Å². The molecule has 3 aliphatic rings. The van der Waals surface area contributed by atoms with Crippen LogP contribution in [0.15, 0.2) is 45.4 Å². The lowest BCUT2D eigenvalue weighted by Crippen LogP contribution is -2.16. The molecule has 0 aromatic heterocycles. The summed E-state index contributed by atoms with van der Waals surface area (Å²) in [6.45, 7) is 0. The number of hydrogen-bond donors (Lipinski definition) is 0. The molecule has 0 fully saturated rings. The quantitative estimate of drug-likeness (QED) is 0.621. The van der Waals surface area contributed by atoms with Gasteiger partial charge in [-0.1, -0.05) is 68.3 Å². The Labute approximate surface area is 100.0 Å². The van der Waals surface area contributed by atoms with E-state index in [1.54, 1.807) is 0 Å². The van der Waals surface area contributed by atoms with E-state index in [2.05, 4.69) is 68.3 Å². The Bertz CT molecular complexity index is 416. The van der Waals surface area contributed by atoms with Gasteiger partial charge in [0.05, 0.1) is 0 Å². The van der Waals surface area contributed by atoms with Crippen molar-refractivity contribution in [3.8, 4) is 0 Å². The minimum absolute atomic E-state index is 0.422. The number of benzene rings is 1. The fourth-order valence-electron chi connectivity index (χ4n) is 2.25. The maximum Gasteiger partial charge on any atom is 0.0347 e. The molecule has 0 aliphatic heterocycles. The first-order chi connectivity index (χ1) is 6.79. The molecule has 0 spiro atoms. The molecular weight excluding hydrogens is 304 g/mol. The van der Waals surface area contributed by atoms with Crippen LogP contribution in [0.5, 0.6) is 0 Å². The van der Waals surface area contributed by atoms with Gasteiger partial charge in [0.15, 0.2) is 0 Å². The maximum atomic E-state index is 3.66. The minimum atomic E-state index is 0.422. The monoisotopic (exact) mass is 310 g/mol. The highest BCUT2D eigenvalue weighted by Gasteiger charge is 2.33. The van der Waals surface area contributed by atoms with Gasteiger partial charge in [0.2, 0.25) is 0 Å². The van der Waals surface area contributed by atoms with Gasteiger partial charge >= 0.3 is 0 Å². The van der Waals surface area contributed by atoms with Crippen molar-refractivity contribution in [2.45, 2.75) is 11.8 Å². The van der Waals surface area contributed by atoms with E-state index < -0.39 is 0 Å². The van der Waals surface area contributed by atoms with Crippen LogP contribution in [-0.2, 0) is 0 Å². The van der Waals surface area contributed by atoms with Crippen LogP contribution in [-0.4, -0.2) is 0 Å². The largest absolute Gasteiger partial charge is 0.0751 e. The molecule has 4 rings (SSSR count). The fourth-order valence-corrected chi connectivity index (χ4v) is 3.54. The summed E-state index contributed by atoms with van der Waals surface area (Å²) >= 11 is 7.32. The van der Waals surface area contributed by atoms with Crippen LogP contribution in [0.25, 0.3) is 0 Å². The second kappa shape index (κ2) is 3.07. The lowest BCUT2D eigenvalue weighted by Gasteiger charge is -2.33. The van der Waals surface area contributed by atoms with E-state index in [0.29, 0.717) is 11.8 Å². The first kappa shape index (κ1) is 8.93. The first-order valence-corrected chi connectivity index (χ1v) is 6.20. The highest BCUT2D eigenvalue weighted by Crippen LogP contribution is 2.52. The summed E-state index contributed by atoms with van der Waals surface area (Å²) in [5, 5.41) is 0. The lowest BCUT2D eigenvalue weighted by atomic mass is 9.76. The zero-order valence-corrected chi connectivity index (χ0v) is 10.5. The van der Waals surface area contributed by atoms with Crippen molar-refractivity contribution >= 4 is 31.9 Å². The molecule has 70 valence electrons. The van der Waals surface area contributed by atoms with Crippen molar-refractivity contribution in [1.29, 1.82) is 0 Å². The molecule has 14 heavy (non-hydrogen) atoms. The second-order valence-electron chi connectivity index (χ2n) is 3.67. The third kappa shape index (κ3) is 1.04. The summed E-state index contributed by atoms with van der Waals surface area (Å²) < 4.78 is 2.56. The summed E-state index contributed by atoms with van der Waals surface area (Å²) in [7, 11) is 0. The third-order valence-electron chi connectivity index (χ3n) is 2.94. The minimum Gasteiger partial charge on any atom is -0.0751 e. The zero-order valence-electron chi connectivity index (χ0n) is 7.37. The Morgan fingerprint density at radius 2 is 1.21 bits per heavy atom. The number of halogens is 2. The molecule has 0 saturated heterocycles. The smallest absolute Gasteiger partial charge is 0.0347 e. The molecule has 0 heterocycles. The summed E-state index contributed by atoms with van der Waals surface area (Å²) in [5.41, 5.74) is 2.88. The average molecular weight is 312 g/mol. The molecule has 2 atom stereocenters.